The van der Waals surface area contributed by atoms with Gasteiger partial charge in [0.2, 0.25) is 0 Å². The molecule has 3 rings (SSSR count). The Bertz CT molecular complexity index is 824. The van der Waals surface area contributed by atoms with Crippen LogP contribution in [0.5, 0.6) is 0 Å². The first-order valence-electron chi connectivity index (χ1n) is 6.74. The summed E-state index contributed by atoms with van der Waals surface area (Å²) in [5.41, 5.74) is 3.82. The van der Waals surface area contributed by atoms with E-state index >= 15 is 0 Å². The largest absolute Gasteiger partial charge is 0.279 e. The van der Waals surface area contributed by atoms with Gasteiger partial charge in [-0.15, -0.1) is 11.6 Å². The third-order valence-corrected chi connectivity index (χ3v) is 3.62. The molecule has 1 atom stereocenters. The minimum absolute atomic E-state index is 0.229. The smallest absolute Gasteiger partial charge is 0.164 e. The van der Waals surface area contributed by atoms with Crippen LogP contribution in [0.15, 0.2) is 30.3 Å². The van der Waals surface area contributed by atoms with Crippen LogP contribution in [-0.2, 0) is 0 Å². The van der Waals surface area contributed by atoms with Crippen LogP contribution in [-0.4, -0.2) is 14.5 Å². The summed E-state index contributed by atoms with van der Waals surface area (Å²) < 4.78 is 15.4. The molecule has 108 valence electrons. The predicted molar refractivity (Wildman–Crippen MR) is 82.6 cm³/mol. The van der Waals surface area contributed by atoms with E-state index in [-0.39, 0.29) is 11.2 Å². The second-order valence-corrected chi connectivity index (χ2v) is 5.80. The first-order chi connectivity index (χ1) is 9.97. The fourth-order valence-corrected chi connectivity index (χ4v) is 2.51. The van der Waals surface area contributed by atoms with Crippen LogP contribution < -0.4 is 0 Å². The third kappa shape index (κ3) is 2.40. The Labute approximate surface area is 127 Å². The summed E-state index contributed by atoms with van der Waals surface area (Å²) in [7, 11) is 0. The average molecular weight is 304 g/mol. The highest BCUT2D eigenvalue weighted by atomic mass is 35.5. The zero-order valence-corrected chi connectivity index (χ0v) is 12.8. The van der Waals surface area contributed by atoms with Gasteiger partial charge in [0.1, 0.15) is 17.2 Å². The van der Waals surface area contributed by atoms with Gasteiger partial charge in [0, 0.05) is 11.4 Å². The van der Waals surface area contributed by atoms with Gasteiger partial charge in [-0.05, 0) is 56.7 Å². The summed E-state index contributed by atoms with van der Waals surface area (Å²) in [4.78, 5) is 9.11. The lowest BCUT2D eigenvalue weighted by atomic mass is 10.2. The Morgan fingerprint density at radius 2 is 1.90 bits per heavy atom. The molecule has 0 bridgehead atoms. The molecule has 0 saturated heterocycles. The summed E-state index contributed by atoms with van der Waals surface area (Å²) in [5.74, 6) is 0.476. The van der Waals surface area contributed by atoms with E-state index in [9.17, 15) is 4.39 Å². The maximum atomic E-state index is 13.5. The van der Waals surface area contributed by atoms with Gasteiger partial charge in [-0.3, -0.25) is 4.57 Å². The summed E-state index contributed by atoms with van der Waals surface area (Å²) in [6.45, 7) is 5.53. The maximum Gasteiger partial charge on any atom is 0.164 e. The van der Waals surface area contributed by atoms with Crippen molar-refractivity contribution in [1.29, 1.82) is 0 Å². The molecule has 3 aromatic rings. The average Bonchev–Trinajstić information content (AvgIpc) is 2.80. The lowest BCUT2D eigenvalue weighted by Crippen LogP contribution is -2.03. The van der Waals surface area contributed by atoms with E-state index < -0.39 is 0 Å². The number of pyridine rings is 1. The van der Waals surface area contributed by atoms with Gasteiger partial charge >= 0.3 is 0 Å². The van der Waals surface area contributed by atoms with Crippen molar-refractivity contribution in [1.82, 2.24) is 14.5 Å². The van der Waals surface area contributed by atoms with Crippen LogP contribution in [0, 0.1) is 19.7 Å². The molecule has 0 aliphatic rings. The molecule has 0 aliphatic heterocycles. The molecule has 0 radical (unpaired) electrons. The Hall–Kier alpha value is -1.94. The zero-order chi connectivity index (χ0) is 15.1. The number of benzene rings is 1. The number of hydrogen-bond donors (Lipinski definition) is 0. The second kappa shape index (κ2) is 5.11. The second-order valence-electron chi connectivity index (χ2n) is 5.15. The Balaban J connectivity index is 2.35. The van der Waals surface area contributed by atoms with E-state index in [1.807, 2.05) is 30.5 Å². The number of alkyl halides is 1. The molecular weight excluding hydrogens is 289 g/mol. The van der Waals surface area contributed by atoms with Crippen LogP contribution in [0.2, 0.25) is 0 Å². The fourth-order valence-electron chi connectivity index (χ4n) is 2.36. The normalized spacial score (nSPS) is 12.8. The molecule has 0 spiro atoms. The molecule has 0 fully saturated rings. The molecule has 0 aliphatic carbocycles. The Morgan fingerprint density at radius 1 is 1.14 bits per heavy atom. The molecule has 1 aromatic carbocycles. The van der Waals surface area contributed by atoms with Gasteiger partial charge in [0.05, 0.1) is 5.38 Å². The van der Waals surface area contributed by atoms with Crippen molar-refractivity contribution in [3.05, 3.63) is 53.2 Å². The summed E-state index contributed by atoms with van der Waals surface area (Å²) in [6, 6.07) is 8.79. The van der Waals surface area contributed by atoms with Crippen LogP contribution >= 0.6 is 11.6 Å². The van der Waals surface area contributed by atoms with Crippen LogP contribution in [0.1, 0.15) is 29.4 Å². The number of imidazole rings is 1. The molecule has 1 unspecified atom stereocenters. The minimum Gasteiger partial charge on any atom is -0.279 e. The molecule has 0 N–H and O–H groups in total. The van der Waals surface area contributed by atoms with Gasteiger partial charge in [0.25, 0.3) is 0 Å². The van der Waals surface area contributed by atoms with Gasteiger partial charge in [-0.1, -0.05) is 0 Å². The highest BCUT2D eigenvalue weighted by Gasteiger charge is 2.18. The fraction of sp³-hybridized carbons (Fsp3) is 0.250. The van der Waals surface area contributed by atoms with E-state index in [2.05, 4.69) is 9.97 Å². The van der Waals surface area contributed by atoms with Gasteiger partial charge in [-0.25, -0.2) is 14.4 Å². The highest BCUT2D eigenvalue weighted by molar-refractivity contribution is 6.20. The molecule has 5 heteroatoms. The van der Waals surface area contributed by atoms with E-state index in [0.29, 0.717) is 11.4 Å². The van der Waals surface area contributed by atoms with Crippen molar-refractivity contribution in [2.24, 2.45) is 0 Å². The highest BCUT2D eigenvalue weighted by Crippen LogP contribution is 2.28. The zero-order valence-electron chi connectivity index (χ0n) is 12.1. The molecule has 2 aromatic heterocycles. The molecule has 2 heterocycles. The molecule has 0 amide bonds. The number of halogens is 2. The van der Waals surface area contributed by atoms with Crippen LogP contribution in [0.25, 0.3) is 16.9 Å². The summed E-state index contributed by atoms with van der Waals surface area (Å²) in [6.07, 6.45) is 0. The van der Waals surface area contributed by atoms with E-state index in [1.54, 1.807) is 19.1 Å². The van der Waals surface area contributed by atoms with Crippen molar-refractivity contribution in [2.45, 2.75) is 26.1 Å². The lowest BCUT2D eigenvalue weighted by molar-refractivity contribution is 0.618. The van der Waals surface area contributed by atoms with Crippen molar-refractivity contribution in [3.63, 3.8) is 0 Å². The van der Waals surface area contributed by atoms with Crippen molar-refractivity contribution in [3.8, 4) is 5.69 Å². The standard InChI is InChI=1S/C16H15ClFN3/c1-9-8-12(5-6-13(9)18)21-15(11(3)17)20-14-7-4-10(2)19-16(14)21/h4-8,11H,1-3H3. The minimum atomic E-state index is -0.273. The SMILES string of the molecule is Cc1ccc2nc(C(C)Cl)n(-c3ccc(F)c(C)c3)c2n1. The number of hydrogen-bond acceptors (Lipinski definition) is 2. The topological polar surface area (TPSA) is 30.7 Å². The van der Waals surface area contributed by atoms with Crippen LogP contribution in [0.3, 0.4) is 0 Å². The molecule has 21 heavy (non-hydrogen) atoms. The first-order valence-corrected chi connectivity index (χ1v) is 7.17. The Morgan fingerprint density at radius 3 is 2.57 bits per heavy atom. The van der Waals surface area contributed by atoms with E-state index in [1.165, 1.54) is 6.07 Å². The summed E-state index contributed by atoms with van der Waals surface area (Å²) >= 11 is 6.26. The predicted octanol–water partition coefficient (Wildman–Crippen LogP) is 4.48. The monoisotopic (exact) mass is 303 g/mol. The number of nitrogens with zero attached hydrogens (tertiary/aromatic N) is 3. The van der Waals surface area contributed by atoms with Crippen LogP contribution in [0.4, 0.5) is 4.39 Å². The van der Waals surface area contributed by atoms with Crippen molar-refractivity contribution < 1.29 is 4.39 Å². The quantitative estimate of drug-likeness (QED) is 0.654. The summed E-state index contributed by atoms with van der Waals surface area (Å²) in [5, 5.41) is -0.273. The van der Waals surface area contributed by atoms with Gasteiger partial charge < -0.3 is 0 Å². The molecule has 0 saturated carbocycles. The number of rotatable bonds is 2. The number of aryl methyl sites for hydroxylation is 2. The van der Waals surface area contributed by atoms with E-state index in [0.717, 1.165) is 22.5 Å². The van der Waals surface area contributed by atoms with E-state index in [4.69, 9.17) is 11.6 Å². The van der Waals surface area contributed by atoms with Crippen molar-refractivity contribution >= 4 is 22.8 Å². The third-order valence-electron chi connectivity index (χ3n) is 3.43. The number of aromatic nitrogens is 3. The lowest BCUT2D eigenvalue weighted by Gasteiger charge is -2.11. The molecule has 3 nitrogen and oxygen atoms in total. The maximum absolute atomic E-state index is 13.5. The van der Waals surface area contributed by atoms with Gasteiger partial charge in [-0.2, -0.15) is 0 Å². The first kappa shape index (κ1) is 14.0. The Kier molecular flexibility index (Phi) is 3.41. The van der Waals surface area contributed by atoms with Gasteiger partial charge in [0.15, 0.2) is 5.65 Å². The van der Waals surface area contributed by atoms with Crippen molar-refractivity contribution in [2.75, 3.05) is 0 Å². The number of fused-ring (bicyclic) bond motifs is 1. The molecular formula is C16H15ClFN3.